The number of carbonyl (C=O) groups is 1. The number of hydrogen-bond acceptors (Lipinski definition) is 3. The van der Waals surface area contributed by atoms with Crippen molar-refractivity contribution in [2.45, 2.75) is 44.6 Å². The highest BCUT2D eigenvalue weighted by Crippen LogP contribution is 2.24. The van der Waals surface area contributed by atoms with Crippen LogP contribution in [0.1, 0.15) is 54.2 Å². The van der Waals surface area contributed by atoms with Gasteiger partial charge in [-0.05, 0) is 56.4 Å². The average Bonchev–Trinajstić information content (AvgIpc) is 2.69. The predicted octanol–water partition coefficient (Wildman–Crippen LogP) is 3.91. The molecule has 1 fully saturated rings. The lowest BCUT2D eigenvalue weighted by Crippen LogP contribution is -2.38. The first-order valence-corrected chi connectivity index (χ1v) is 11.2. The van der Waals surface area contributed by atoms with E-state index in [1.165, 1.54) is 10.4 Å². The molecule has 28 heavy (non-hydrogen) atoms. The normalized spacial score (nSPS) is 17.2. The Labute approximate surface area is 167 Å². The number of nitrogens with zero attached hydrogens (tertiary/aromatic N) is 1. The number of carbonyl (C=O) groups excluding carboxylic acids is 1. The van der Waals surface area contributed by atoms with E-state index in [9.17, 15) is 13.2 Å². The summed E-state index contributed by atoms with van der Waals surface area (Å²) < 4.78 is 27.4. The van der Waals surface area contributed by atoms with E-state index >= 15 is 0 Å². The number of benzene rings is 2. The van der Waals surface area contributed by atoms with Crippen molar-refractivity contribution in [2.75, 3.05) is 13.1 Å². The van der Waals surface area contributed by atoms with Crippen LogP contribution in [0.5, 0.6) is 0 Å². The number of rotatable bonds is 5. The number of amides is 1. The summed E-state index contributed by atoms with van der Waals surface area (Å²) in [4.78, 5) is 12.9. The van der Waals surface area contributed by atoms with Gasteiger partial charge in [0, 0.05) is 18.7 Å². The van der Waals surface area contributed by atoms with Crippen molar-refractivity contribution in [3.8, 4) is 0 Å². The third-order valence-electron chi connectivity index (χ3n) is 5.40. The van der Waals surface area contributed by atoms with E-state index in [1.54, 1.807) is 18.2 Å². The first kappa shape index (κ1) is 20.6. The predicted molar refractivity (Wildman–Crippen MR) is 111 cm³/mol. The van der Waals surface area contributed by atoms with E-state index in [0.29, 0.717) is 24.6 Å². The fourth-order valence-corrected chi connectivity index (χ4v) is 4.91. The van der Waals surface area contributed by atoms with Crippen LogP contribution in [0.4, 0.5) is 0 Å². The van der Waals surface area contributed by atoms with E-state index in [0.717, 1.165) is 24.0 Å². The molecule has 0 aliphatic carbocycles. The fraction of sp³-hybridized carbons (Fsp3) is 0.409. The minimum Gasteiger partial charge on any atom is -0.346 e. The molecular weight excluding hydrogens is 372 g/mol. The Bertz CT molecular complexity index is 931. The topological polar surface area (TPSA) is 66.5 Å². The molecule has 0 aromatic heterocycles. The lowest BCUT2D eigenvalue weighted by molar-refractivity contribution is 0.0939. The minimum atomic E-state index is -3.57. The van der Waals surface area contributed by atoms with Gasteiger partial charge in [-0.1, -0.05) is 42.8 Å². The van der Waals surface area contributed by atoms with E-state index in [4.69, 9.17) is 0 Å². The average molecular weight is 401 g/mol. The maximum Gasteiger partial charge on any atom is 0.251 e. The molecule has 1 saturated heterocycles. The van der Waals surface area contributed by atoms with Crippen LogP contribution in [0.2, 0.25) is 0 Å². The maximum atomic E-state index is 12.9. The molecule has 1 aliphatic rings. The number of sulfonamides is 1. The van der Waals surface area contributed by atoms with Crippen molar-refractivity contribution in [1.82, 2.24) is 9.62 Å². The molecule has 3 rings (SSSR count). The molecule has 150 valence electrons. The minimum absolute atomic E-state index is 0.169. The van der Waals surface area contributed by atoms with E-state index in [2.05, 4.69) is 12.2 Å². The van der Waals surface area contributed by atoms with Crippen molar-refractivity contribution in [1.29, 1.82) is 0 Å². The van der Waals surface area contributed by atoms with Crippen LogP contribution in [0.25, 0.3) is 0 Å². The molecule has 1 aliphatic heterocycles. The Morgan fingerprint density at radius 2 is 1.75 bits per heavy atom. The van der Waals surface area contributed by atoms with Gasteiger partial charge in [0.2, 0.25) is 10.0 Å². The zero-order valence-electron chi connectivity index (χ0n) is 16.7. The maximum absolute atomic E-state index is 12.9. The summed E-state index contributed by atoms with van der Waals surface area (Å²) in [5, 5.41) is 2.95. The lowest BCUT2D eigenvalue weighted by atomic mass is 10.0. The summed E-state index contributed by atoms with van der Waals surface area (Å²) in [5.74, 6) is 0.268. The van der Waals surface area contributed by atoms with Crippen molar-refractivity contribution in [2.24, 2.45) is 5.92 Å². The molecule has 1 heterocycles. The van der Waals surface area contributed by atoms with Crippen LogP contribution in [-0.2, 0) is 10.0 Å². The highest BCUT2D eigenvalue weighted by atomic mass is 32.2. The van der Waals surface area contributed by atoms with Gasteiger partial charge in [-0.2, -0.15) is 4.31 Å². The van der Waals surface area contributed by atoms with Gasteiger partial charge in [0.15, 0.2) is 0 Å². The molecule has 1 atom stereocenters. The third kappa shape index (κ3) is 4.62. The second-order valence-electron chi connectivity index (χ2n) is 7.72. The molecular formula is C22H28N2O3S. The molecule has 5 nitrogen and oxygen atoms in total. The largest absolute Gasteiger partial charge is 0.346 e. The second kappa shape index (κ2) is 8.45. The van der Waals surface area contributed by atoms with Crippen molar-refractivity contribution >= 4 is 15.9 Å². The zero-order chi connectivity index (χ0) is 20.3. The van der Waals surface area contributed by atoms with Crippen LogP contribution < -0.4 is 5.32 Å². The molecule has 0 spiro atoms. The molecule has 6 heteroatoms. The van der Waals surface area contributed by atoms with Crippen molar-refractivity contribution in [3.05, 3.63) is 65.2 Å². The molecule has 0 bridgehead atoms. The van der Waals surface area contributed by atoms with Gasteiger partial charge in [-0.15, -0.1) is 0 Å². The molecule has 0 radical (unpaired) electrons. The second-order valence-corrected chi connectivity index (χ2v) is 9.66. The van der Waals surface area contributed by atoms with E-state index in [-0.39, 0.29) is 16.8 Å². The number of hydrogen-bond donors (Lipinski definition) is 1. The molecule has 1 N–H and O–H groups in total. The van der Waals surface area contributed by atoms with Crippen LogP contribution in [0.3, 0.4) is 0 Å². The van der Waals surface area contributed by atoms with Gasteiger partial charge in [-0.3, -0.25) is 4.79 Å². The molecule has 1 amide bonds. The molecule has 2 aromatic carbocycles. The summed E-state index contributed by atoms with van der Waals surface area (Å²) >= 11 is 0. The fourth-order valence-electron chi connectivity index (χ4n) is 3.39. The van der Waals surface area contributed by atoms with Gasteiger partial charge in [0.05, 0.1) is 10.9 Å². The van der Waals surface area contributed by atoms with E-state index < -0.39 is 10.0 Å². The molecule has 0 unspecified atom stereocenters. The molecule has 2 aromatic rings. The van der Waals surface area contributed by atoms with Crippen LogP contribution in [0.15, 0.2) is 53.4 Å². The van der Waals surface area contributed by atoms with Gasteiger partial charge in [-0.25, -0.2) is 8.42 Å². The Morgan fingerprint density at radius 1 is 1.11 bits per heavy atom. The third-order valence-corrected chi connectivity index (χ3v) is 7.30. The summed E-state index contributed by atoms with van der Waals surface area (Å²) in [6.07, 6.45) is 1.74. The van der Waals surface area contributed by atoms with Gasteiger partial charge >= 0.3 is 0 Å². The van der Waals surface area contributed by atoms with Crippen LogP contribution in [-0.4, -0.2) is 31.7 Å². The number of piperidine rings is 1. The highest BCUT2D eigenvalue weighted by Gasteiger charge is 2.28. The summed E-state index contributed by atoms with van der Waals surface area (Å²) in [5.41, 5.74) is 2.52. The van der Waals surface area contributed by atoms with Crippen molar-refractivity contribution in [3.63, 3.8) is 0 Å². The summed E-state index contributed by atoms with van der Waals surface area (Å²) in [7, 11) is -3.57. The molecule has 0 saturated carbocycles. The van der Waals surface area contributed by atoms with Gasteiger partial charge < -0.3 is 5.32 Å². The monoisotopic (exact) mass is 400 g/mol. The quantitative estimate of drug-likeness (QED) is 0.828. The smallest absolute Gasteiger partial charge is 0.251 e. The first-order chi connectivity index (χ1) is 13.3. The zero-order valence-corrected chi connectivity index (χ0v) is 17.5. The summed E-state index contributed by atoms with van der Waals surface area (Å²) in [6.45, 7) is 7.14. The van der Waals surface area contributed by atoms with Crippen LogP contribution >= 0.6 is 0 Å². The highest BCUT2D eigenvalue weighted by molar-refractivity contribution is 7.89. The Kier molecular flexibility index (Phi) is 6.20. The van der Waals surface area contributed by atoms with Crippen molar-refractivity contribution < 1.29 is 13.2 Å². The number of nitrogens with one attached hydrogen (secondary N) is 1. The standard InChI is InChI=1S/C22H28N2O3S/c1-16-7-9-19(10-8-16)18(3)23-22(25)20-5-4-6-21(15-20)28(26,27)24-13-11-17(2)12-14-24/h4-10,15,17-18H,11-14H2,1-3H3,(H,23,25)/t18-/m0/s1. The van der Waals surface area contributed by atoms with Crippen LogP contribution in [0, 0.1) is 12.8 Å². The SMILES string of the molecule is Cc1ccc([C@H](C)NC(=O)c2cccc(S(=O)(=O)N3CCC(C)CC3)c2)cc1. The lowest BCUT2D eigenvalue weighted by Gasteiger charge is -2.29. The Hall–Kier alpha value is -2.18. The van der Waals surface area contributed by atoms with E-state index in [1.807, 2.05) is 38.1 Å². The van der Waals surface area contributed by atoms with Gasteiger partial charge in [0.1, 0.15) is 0 Å². The van der Waals surface area contributed by atoms with Gasteiger partial charge in [0.25, 0.3) is 5.91 Å². The first-order valence-electron chi connectivity index (χ1n) is 9.75. The summed E-state index contributed by atoms with van der Waals surface area (Å²) in [6, 6.07) is 14.1. The number of aryl methyl sites for hydroxylation is 1. The Balaban J connectivity index is 1.75. The Morgan fingerprint density at radius 3 is 2.39 bits per heavy atom.